The van der Waals surface area contributed by atoms with Crippen molar-refractivity contribution in [2.45, 2.75) is 51.1 Å². The number of amides is 4. The molecule has 6 rings (SSSR count). The van der Waals surface area contributed by atoms with Crippen molar-refractivity contribution in [2.24, 2.45) is 11.3 Å². The summed E-state index contributed by atoms with van der Waals surface area (Å²) in [6, 6.07) is 5.25. The second-order valence-electron chi connectivity index (χ2n) is 11.5. The summed E-state index contributed by atoms with van der Waals surface area (Å²) in [5, 5.41) is 2.37. The van der Waals surface area contributed by atoms with E-state index in [-0.39, 0.29) is 35.5 Å². The number of fused-ring (bicyclic) bond motifs is 1. The van der Waals surface area contributed by atoms with Crippen LogP contribution in [0.4, 0.5) is 5.69 Å². The smallest absolute Gasteiger partial charge is 0.255 e. The first-order valence-corrected chi connectivity index (χ1v) is 13.3. The Kier molecular flexibility index (Phi) is 5.78. The fraction of sp³-hybridized carbons (Fsp3) is 0.630. The van der Waals surface area contributed by atoms with Gasteiger partial charge in [0.2, 0.25) is 17.7 Å². The van der Waals surface area contributed by atoms with E-state index in [1.54, 1.807) is 4.90 Å². The molecule has 5 aliphatic heterocycles. The summed E-state index contributed by atoms with van der Waals surface area (Å²) in [4.78, 5) is 58.5. The number of carbonyl (C=O) groups excluding carboxylic acids is 4. The van der Waals surface area contributed by atoms with Gasteiger partial charge in [-0.15, -0.1) is 0 Å². The molecule has 0 radical (unpaired) electrons. The third-order valence-corrected chi connectivity index (χ3v) is 9.15. The van der Waals surface area contributed by atoms with E-state index in [1.165, 1.54) is 0 Å². The number of nitrogens with one attached hydrogen (secondary N) is 1. The number of benzene rings is 1. The molecule has 5 aliphatic rings. The van der Waals surface area contributed by atoms with Crippen molar-refractivity contribution < 1.29 is 19.2 Å². The van der Waals surface area contributed by atoms with Crippen LogP contribution in [0.25, 0.3) is 0 Å². The molecule has 0 aliphatic carbocycles. The van der Waals surface area contributed by atoms with E-state index < -0.39 is 6.04 Å². The summed E-state index contributed by atoms with van der Waals surface area (Å²) in [6.07, 6.45) is 4.63. The number of hydrogen-bond donors (Lipinski definition) is 1. The fourth-order valence-electron chi connectivity index (χ4n) is 6.83. The van der Waals surface area contributed by atoms with Crippen LogP contribution in [0.5, 0.6) is 0 Å². The molecule has 0 saturated carbocycles. The molecule has 4 amide bonds. The van der Waals surface area contributed by atoms with Crippen LogP contribution in [0.15, 0.2) is 18.2 Å². The van der Waals surface area contributed by atoms with Gasteiger partial charge < -0.3 is 19.6 Å². The minimum absolute atomic E-state index is 0.127. The average molecular weight is 494 g/mol. The summed E-state index contributed by atoms with van der Waals surface area (Å²) in [5.41, 5.74) is 2.96. The van der Waals surface area contributed by atoms with Crippen LogP contribution in [-0.4, -0.2) is 90.7 Å². The van der Waals surface area contributed by atoms with E-state index in [0.717, 1.165) is 76.2 Å². The second-order valence-corrected chi connectivity index (χ2v) is 11.5. The summed E-state index contributed by atoms with van der Waals surface area (Å²) < 4.78 is 0. The Balaban J connectivity index is 1.08. The lowest BCUT2D eigenvalue weighted by Gasteiger charge is -2.55. The summed E-state index contributed by atoms with van der Waals surface area (Å²) >= 11 is 0. The molecule has 4 fully saturated rings. The maximum Gasteiger partial charge on any atom is 0.255 e. The van der Waals surface area contributed by atoms with Crippen molar-refractivity contribution in [3.63, 3.8) is 0 Å². The molecule has 36 heavy (non-hydrogen) atoms. The van der Waals surface area contributed by atoms with Gasteiger partial charge in [0.15, 0.2) is 0 Å². The number of imide groups is 1. The van der Waals surface area contributed by atoms with Gasteiger partial charge in [0.05, 0.1) is 0 Å². The Morgan fingerprint density at radius 1 is 1.00 bits per heavy atom. The number of hydrogen-bond acceptors (Lipinski definition) is 6. The number of anilines is 1. The largest absolute Gasteiger partial charge is 0.370 e. The monoisotopic (exact) mass is 493 g/mol. The Bertz CT molecular complexity index is 1100. The molecule has 1 unspecified atom stereocenters. The predicted octanol–water partition coefficient (Wildman–Crippen LogP) is 1.22. The number of nitrogens with zero attached hydrogens (tertiary/aromatic N) is 4. The van der Waals surface area contributed by atoms with Crippen molar-refractivity contribution in [1.29, 1.82) is 0 Å². The Hall–Kier alpha value is -2.94. The predicted molar refractivity (Wildman–Crippen MR) is 133 cm³/mol. The van der Waals surface area contributed by atoms with E-state index in [4.69, 9.17) is 0 Å². The Labute approximate surface area is 211 Å². The van der Waals surface area contributed by atoms with Gasteiger partial charge in [-0.25, -0.2) is 0 Å². The lowest BCUT2D eigenvalue weighted by Crippen LogP contribution is -2.61. The van der Waals surface area contributed by atoms with Crippen molar-refractivity contribution in [2.75, 3.05) is 51.2 Å². The topological polar surface area (TPSA) is 93.3 Å². The molecule has 0 aromatic heterocycles. The third kappa shape index (κ3) is 3.97. The molecule has 1 N–H and O–H groups in total. The summed E-state index contributed by atoms with van der Waals surface area (Å²) in [5.74, 6) is -0.242. The van der Waals surface area contributed by atoms with E-state index in [1.807, 2.05) is 12.1 Å². The SMILES string of the molecule is CN1CCC(C(=O)N2CCC3(CC2)CN(c2cccc4c2CN(C2CCC(=O)NC2=O)C4=O)C3)CC1. The highest BCUT2D eigenvalue weighted by Crippen LogP contribution is 2.45. The first-order valence-electron chi connectivity index (χ1n) is 13.3. The van der Waals surface area contributed by atoms with Crippen LogP contribution < -0.4 is 10.2 Å². The minimum atomic E-state index is -0.593. The first-order chi connectivity index (χ1) is 17.3. The van der Waals surface area contributed by atoms with Crippen LogP contribution in [0, 0.1) is 11.3 Å². The van der Waals surface area contributed by atoms with Crippen LogP contribution in [-0.2, 0) is 20.9 Å². The molecular weight excluding hydrogens is 458 g/mol. The van der Waals surface area contributed by atoms with E-state index >= 15 is 0 Å². The number of piperidine rings is 3. The van der Waals surface area contributed by atoms with Gasteiger partial charge >= 0.3 is 0 Å². The Morgan fingerprint density at radius 3 is 2.42 bits per heavy atom. The lowest BCUT2D eigenvalue weighted by molar-refractivity contribution is -0.140. The van der Waals surface area contributed by atoms with Gasteiger partial charge in [-0.1, -0.05) is 6.07 Å². The zero-order chi connectivity index (χ0) is 25.0. The van der Waals surface area contributed by atoms with Gasteiger partial charge in [0.1, 0.15) is 6.04 Å². The zero-order valence-corrected chi connectivity index (χ0v) is 21.0. The van der Waals surface area contributed by atoms with Crippen molar-refractivity contribution in [1.82, 2.24) is 20.0 Å². The van der Waals surface area contributed by atoms with Gasteiger partial charge in [-0.3, -0.25) is 24.5 Å². The highest BCUT2D eigenvalue weighted by atomic mass is 16.2. The molecule has 5 heterocycles. The van der Waals surface area contributed by atoms with Gasteiger partial charge in [-0.05, 0) is 64.4 Å². The highest BCUT2D eigenvalue weighted by Gasteiger charge is 2.48. The van der Waals surface area contributed by atoms with Crippen molar-refractivity contribution >= 4 is 29.3 Å². The van der Waals surface area contributed by atoms with Crippen LogP contribution in [0.2, 0.25) is 0 Å². The molecule has 9 heteroatoms. The maximum absolute atomic E-state index is 13.2. The van der Waals surface area contributed by atoms with Gasteiger partial charge in [-0.2, -0.15) is 0 Å². The molecule has 1 spiro atoms. The van der Waals surface area contributed by atoms with Crippen molar-refractivity contribution in [3.05, 3.63) is 29.3 Å². The summed E-state index contributed by atoms with van der Waals surface area (Å²) in [6.45, 7) is 5.97. The fourth-order valence-corrected chi connectivity index (χ4v) is 6.83. The van der Waals surface area contributed by atoms with E-state index in [2.05, 4.69) is 33.1 Å². The molecule has 1 atom stereocenters. The van der Waals surface area contributed by atoms with E-state index in [9.17, 15) is 19.2 Å². The standard InChI is InChI=1S/C27H35N5O4/c1-29-11-7-18(8-12-29)25(35)30-13-9-27(10-14-30)16-31(17-27)21-4-2-3-19-20(21)15-32(26(19)36)22-5-6-23(33)28-24(22)34/h2-4,18,22H,5-17H2,1H3,(H,28,33,34). The maximum atomic E-state index is 13.2. The molecular formula is C27H35N5O4. The highest BCUT2D eigenvalue weighted by molar-refractivity contribution is 6.06. The average Bonchev–Trinajstić information content (AvgIpc) is 3.19. The molecule has 0 bridgehead atoms. The van der Waals surface area contributed by atoms with Gasteiger partial charge in [0, 0.05) is 67.3 Å². The first kappa shape index (κ1) is 23.5. The van der Waals surface area contributed by atoms with Gasteiger partial charge in [0.25, 0.3) is 5.91 Å². The number of likely N-dealkylation sites (tertiary alicyclic amines) is 2. The zero-order valence-electron chi connectivity index (χ0n) is 21.0. The summed E-state index contributed by atoms with van der Waals surface area (Å²) in [7, 11) is 2.12. The lowest BCUT2D eigenvalue weighted by atomic mass is 9.71. The van der Waals surface area contributed by atoms with E-state index in [0.29, 0.717) is 24.4 Å². The number of rotatable bonds is 3. The Morgan fingerprint density at radius 2 is 1.72 bits per heavy atom. The second kappa shape index (κ2) is 8.87. The molecule has 1 aromatic rings. The van der Waals surface area contributed by atoms with Crippen LogP contribution in [0.1, 0.15) is 54.4 Å². The van der Waals surface area contributed by atoms with Crippen LogP contribution in [0.3, 0.4) is 0 Å². The molecule has 4 saturated heterocycles. The molecule has 192 valence electrons. The molecule has 1 aromatic carbocycles. The quantitative estimate of drug-likeness (QED) is 0.637. The normalized spacial score (nSPS) is 26.8. The van der Waals surface area contributed by atoms with Crippen molar-refractivity contribution in [3.8, 4) is 0 Å². The molecule has 9 nitrogen and oxygen atoms in total. The minimum Gasteiger partial charge on any atom is -0.370 e. The van der Waals surface area contributed by atoms with Crippen LogP contribution >= 0.6 is 0 Å². The number of carbonyl (C=O) groups is 4. The third-order valence-electron chi connectivity index (χ3n) is 9.15.